The van der Waals surface area contributed by atoms with E-state index < -0.39 is 0 Å². The van der Waals surface area contributed by atoms with Gasteiger partial charge in [-0.1, -0.05) is 50.2 Å². The summed E-state index contributed by atoms with van der Waals surface area (Å²) in [5, 5.41) is 8.18. The number of hydrogen-bond donors (Lipinski definition) is 2. The van der Waals surface area contributed by atoms with Crippen molar-refractivity contribution in [3.8, 4) is 11.3 Å². The van der Waals surface area contributed by atoms with Gasteiger partial charge in [0, 0.05) is 36.8 Å². The van der Waals surface area contributed by atoms with Crippen molar-refractivity contribution in [3.63, 3.8) is 0 Å². The van der Waals surface area contributed by atoms with Crippen LogP contribution in [0.4, 0.5) is 11.9 Å². The molecule has 0 bridgehead atoms. The molecule has 0 atom stereocenters. The van der Waals surface area contributed by atoms with Crippen LogP contribution >= 0.6 is 0 Å². The summed E-state index contributed by atoms with van der Waals surface area (Å²) in [6.07, 6.45) is 5.61. The summed E-state index contributed by atoms with van der Waals surface area (Å²) in [5.74, 6) is 1.69. The molecule has 0 aliphatic carbocycles. The molecule has 3 aromatic heterocycles. The van der Waals surface area contributed by atoms with Gasteiger partial charge in [-0.3, -0.25) is 4.98 Å². The Morgan fingerprint density at radius 3 is 2.51 bits per heavy atom. The van der Waals surface area contributed by atoms with E-state index in [0.717, 1.165) is 70.9 Å². The number of nitrogens with one attached hydrogen (secondary N) is 1. The molecule has 0 unspecified atom stereocenters. The van der Waals surface area contributed by atoms with Crippen molar-refractivity contribution in [2.75, 3.05) is 23.3 Å². The third kappa shape index (κ3) is 4.58. The maximum absolute atomic E-state index is 6.14. The molecule has 1 saturated heterocycles. The van der Waals surface area contributed by atoms with Gasteiger partial charge in [0.15, 0.2) is 5.65 Å². The van der Waals surface area contributed by atoms with Crippen LogP contribution < -0.4 is 16.0 Å². The van der Waals surface area contributed by atoms with E-state index in [0.29, 0.717) is 18.4 Å². The normalized spacial score (nSPS) is 14.6. The first-order valence-electron chi connectivity index (χ1n) is 12.9. The highest BCUT2D eigenvalue weighted by Crippen LogP contribution is 2.27. The molecule has 9 nitrogen and oxygen atoms in total. The second-order valence-electron chi connectivity index (χ2n) is 9.92. The Bertz CT molecular complexity index is 1550. The predicted octanol–water partition coefficient (Wildman–Crippen LogP) is 4.40. The minimum Gasteiger partial charge on any atom is -0.350 e. The summed E-state index contributed by atoms with van der Waals surface area (Å²) in [6.45, 7) is 6.58. The molecule has 0 radical (unpaired) electrons. The third-order valence-corrected chi connectivity index (χ3v) is 7.01. The molecule has 3 N–H and O–H groups in total. The highest BCUT2D eigenvalue weighted by atomic mass is 15.4. The van der Waals surface area contributed by atoms with Gasteiger partial charge < -0.3 is 16.0 Å². The minimum atomic E-state index is 0.244. The number of anilines is 2. The number of rotatable bonds is 6. The maximum Gasteiger partial charge on any atom is 0.230 e. The summed E-state index contributed by atoms with van der Waals surface area (Å²) < 4.78 is 1.81. The van der Waals surface area contributed by atoms with Gasteiger partial charge in [0.25, 0.3) is 0 Å². The fourth-order valence-corrected chi connectivity index (χ4v) is 4.83. The van der Waals surface area contributed by atoms with Crippen LogP contribution in [0.3, 0.4) is 0 Å². The number of piperidine rings is 1. The van der Waals surface area contributed by atoms with Crippen molar-refractivity contribution >= 4 is 28.6 Å². The SMILES string of the molecule is CC(C)c1cnn2c(NCc3ccccc3-c3cnc4ccccc4n3)nc(N3CCC(N)CC3)nc12. The number of para-hydroxylation sites is 2. The largest absolute Gasteiger partial charge is 0.350 e. The van der Waals surface area contributed by atoms with Crippen LogP contribution in [0.1, 0.15) is 43.7 Å². The molecular weight excluding hydrogens is 462 g/mol. The lowest BCUT2D eigenvalue weighted by Crippen LogP contribution is -2.40. The number of benzene rings is 2. The van der Waals surface area contributed by atoms with Gasteiger partial charge in [-0.2, -0.15) is 19.6 Å². The summed E-state index contributed by atoms with van der Waals surface area (Å²) in [4.78, 5) is 21.6. The van der Waals surface area contributed by atoms with Gasteiger partial charge in [-0.25, -0.2) is 4.98 Å². The van der Waals surface area contributed by atoms with Gasteiger partial charge in [0.05, 0.1) is 29.1 Å². The standard InChI is InChI=1S/C28H31N9/c1-18(2)22-16-32-37-26(22)34-28(36-13-11-20(29)12-14-36)35-27(37)31-15-19-7-3-4-8-21(19)25-17-30-23-9-5-6-10-24(23)33-25/h3-10,16-18,20H,11-15,29H2,1-2H3,(H,31,34,35). The maximum atomic E-state index is 6.14. The van der Waals surface area contributed by atoms with Crippen LogP contribution in [0.25, 0.3) is 27.9 Å². The molecule has 1 aliphatic rings. The molecule has 188 valence electrons. The Morgan fingerprint density at radius 2 is 1.70 bits per heavy atom. The Balaban J connectivity index is 1.35. The van der Waals surface area contributed by atoms with E-state index in [-0.39, 0.29) is 6.04 Å². The van der Waals surface area contributed by atoms with Crippen molar-refractivity contribution in [2.24, 2.45) is 5.73 Å². The van der Waals surface area contributed by atoms with E-state index in [9.17, 15) is 0 Å². The van der Waals surface area contributed by atoms with Gasteiger partial charge >= 0.3 is 0 Å². The molecule has 1 fully saturated rings. The van der Waals surface area contributed by atoms with E-state index in [2.05, 4.69) is 46.3 Å². The molecule has 1 aliphatic heterocycles. The fourth-order valence-electron chi connectivity index (χ4n) is 4.83. The van der Waals surface area contributed by atoms with E-state index in [4.69, 9.17) is 20.7 Å². The first kappa shape index (κ1) is 23.3. The third-order valence-electron chi connectivity index (χ3n) is 7.01. The molecule has 0 amide bonds. The zero-order valence-electron chi connectivity index (χ0n) is 21.2. The van der Waals surface area contributed by atoms with E-state index in [1.165, 1.54) is 0 Å². The number of nitrogens with zero attached hydrogens (tertiary/aromatic N) is 7. The lowest BCUT2D eigenvalue weighted by Gasteiger charge is -2.30. The summed E-state index contributed by atoms with van der Waals surface area (Å²) in [7, 11) is 0. The summed E-state index contributed by atoms with van der Waals surface area (Å²) in [6, 6.07) is 16.4. The predicted molar refractivity (Wildman–Crippen MR) is 147 cm³/mol. The van der Waals surface area contributed by atoms with Crippen molar-refractivity contribution in [1.82, 2.24) is 29.5 Å². The first-order chi connectivity index (χ1) is 18.1. The lowest BCUT2D eigenvalue weighted by molar-refractivity contribution is 0.495. The average Bonchev–Trinajstić information content (AvgIpc) is 3.37. The second-order valence-corrected chi connectivity index (χ2v) is 9.92. The Labute approximate surface area is 215 Å². The van der Waals surface area contributed by atoms with Crippen molar-refractivity contribution in [2.45, 2.75) is 45.2 Å². The first-order valence-corrected chi connectivity index (χ1v) is 12.9. The van der Waals surface area contributed by atoms with Crippen molar-refractivity contribution < 1.29 is 0 Å². The van der Waals surface area contributed by atoms with E-state index >= 15 is 0 Å². The number of aromatic nitrogens is 6. The Kier molecular flexibility index (Phi) is 6.13. The van der Waals surface area contributed by atoms with Crippen LogP contribution in [-0.2, 0) is 6.54 Å². The second kappa shape index (κ2) is 9.74. The summed E-state index contributed by atoms with van der Waals surface area (Å²) in [5.41, 5.74) is 12.8. The van der Waals surface area contributed by atoms with Crippen molar-refractivity contribution in [1.29, 1.82) is 0 Å². The Hall–Kier alpha value is -4.11. The molecule has 37 heavy (non-hydrogen) atoms. The van der Waals surface area contributed by atoms with Gasteiger partial charge in [-0.15, -0.1) is 0 Å². The molecule has 5 aromatic rings. The smallest absolute Gasteiger partial charge is 0.230 e. The fraction of sp³-hybridized carbons (Fsp3) is 0.321. The topological polar surface area (TPSA) is 110 Å². The van der Waals surface area contributed by atoms with Gasteiger partial charge in [-0.05, 0) is 36.5 Å². The zero-order chi connectivity index (χ0) is 25.4. The van der Waals surface area contributed by atoms with Crippen LogP contribution in [0.15, 0.2) is 60.9 Å². The van der Waals surface area contributed by atoms with Crippen LogP contribution in [0.2, 0.25) is 0 Å². The Morgan fingerprint density at radius 1 is 0.946 bits per heavy atom. The van der Waals surface area contributed by atoms with E-state index in [1.54, 1.807) is 0 Å². The highest BCUT2D eigenvalue weighted by Gasteiger charge is 2.22. The van der Waals surface area contributed by atoms with Crippen molar-refractivity contribution in [3.05, 3.63) is 72.1 Å². The molecule has 0 spiro atoms. The molecule has 9 heteroatoms. The van der Waals surface area contributed by atoms with Crippen LogP contribution in [0.5, 0.6) is 0 Å². The van der Waals surface area contributed by atoms with Crippen LogP contribution in [0, 0.1) is 0 Å². The number of fused-ring (bicyclic) bond motifs is 2. The quantitative estimate of drug-likeness (QED) is 0.358. The lowest BCUT2D eigenvalue weighted by atomic mass is 10.0. The number of nitrogens with two attached hydrogens (primary N) is 1. The van der Waals surface area contributed by atoms with E-state index in [1.807, 2.05) is 53.3 Å². The molecule has 2 aromatic carbocycles. The van der Waals surface area contributed by atoms with Crippen LogP contribution in [-0.4, -0.2) is 48.7 Å². The monoisotopic (exact) mass is 493 g/mol. The molecule has 6 rings (SSSR count). The molecule has 4 heterocycles. The highest BCUT2D eigenvalue weighted by molar-refractivity contribution is 5.77. The summed E-state index contributed by atoms with van der Waals surface area (Å²) >= 11 is 0. The number of hydrogen-bond acceptors (Lipinski definition) is 8. The zero-order valence-corrected chi connectivity index (χ0v) is 21.2. The average molecular weight is 494 g/mol. The van der Waals surface area contributed by atoms with Gasteiger partial charge in [0.2, 0.25) is 11.9 Å². The molecular formula is C28H31N9. The molecule has 0 saturated carbocycles. The minimum absolute atomic E-state index is 0.244. The van der Waals surface area contributed by atoms with Gasteiger partial charge in [0.1, 0.15) is 0 Å².